The molecule has 0 amide bonds. The van der Waals surface area contributed by atoms with Gasteiger partial charge in [-0.3, -0.25) is 5.32 Å². The molecule has 0 fully saturated rings. The van der Waals surface area contributed by atoms with E-state index in [2.05, 4.69) is 37.2 Å². The number of nitrogens with zero attached hydrogens (tertiary/aromatic N) is 2. The molecule has 104 valence electrons. The zero-order chi connectivity index (χ0) is 14.3. The molecular formula is C16H25N3. The Kier molecular flexibility index (Phi) is 6.01. The van der Waals surface area contributed by atoms with E-state index >= 15 is 0 Å². The molecule has 3 nitrogen and oxygen atoms in total. The Labute approximate surface area is 117 Å². The highest BCUT2D eigenvalue weighted by molar-refractivity contribution is 5.31. The molecular weight excluding hydrogens is 234 g/mol. The summed E-state index contributed by atoms with van der Waals surface area (Å²) in [5, 5.41) is 12.8. The average Bonchev–Trinajstić information content (AvgIpc) is 2.41. The Morgan fingerprint density at radius 3 is 2.42 bits per heavy atom. The van der Waals surface area contributed by atoms with Gasteiger partial charge < -0.3 is 4.90 Å². The standard InChI is InChI=1S/C16H25N3/c1-14(2)12-19(4)11-10-16(13-17,18-3)15-8-6-5-7-9-15/h5-9,14,18H,10-12H2,1-4H3. The molecule has 0 saturated heterocycles. The summed E-state index contributed by atoms with van der Waals surface area (Å²) in [6.07, 6.45) is 0.785. The summed E-state index contributed by atoms with van der Waals surface area (Å²) >= 11 is 0. The first kappa shape index (κ1) is 15.7. The SMILES string of the molecule is CNC(C#N)(CCN(C)CC(C)C)c1ccccc1. The highest BCUT2D eigenvalue weighted by Crippen LogP contribution is 2.24. The lowest BCUT2D eigenvalue weighted by atomic mass is 9.88. The van der Waals surface area contributed by atoms with Gasteiger partial charge in [0.2, 0.25) is 0 Å². The van der Waals surface area contributed by atoms with Crippen LogP contribution in [-0.2, 0) is 5.54 Å². The van der Waals surface area contributed by atoms with E-state index < -0.39 is 5.54 Å². The molecule has 0 spiro atoms. The van der Waals surface area contributed by atoms with Gasteiger partial charge in [0.25, 0.3) is 0 Å². The Balaban J connectivity index is 2.76. The zero-order valence-corrected chi connectivity index (χ0v) is 12.5. The van der Waals surface area contributed by atoms with Crippen molar-refractivity contribution in [3.8, 4) is 6.07 Å². The molecule has 1 aromatic rings. The molecule has 0 radical (unpaired) electrons. The summed E-state index contributed by atoms with van der Waals surface area (Å²) in [6, 6.07) is 12.4. The molecule has 0 aliphatic rings. The third-order valence-corrected chi connectivity index (χ3v) is 3.43. The number of hydrogen-bond donors (Lipinski definition) is 1. The molecule has 0 aromatic heterocycles. The van der Waals surface area contributed by atoms with Crippen LogP contribution in [0, 0.1) is 17.2 Å². The van der Waals surface area contributed by atoms with Crippen molar-refractivity contribution in [2.24, 2.45) is 5.92 Å². The summed E-state index contributed by atoms with van der Waals surface area (Å²) in [4.78, 5) is 2.29. The Bertz CT molecular complexity index is 408. The molecule has 1 unspecified atom stereocenters. The maximum absolute atomic E-state index is 9.59. The molecule has 1 aromatic carbocycles. The molecule has 0 aliphatic heterocycles. The highest BCUT2D eigenvalue weighted by atomic mass is 15.1. The third-order valence-electron chi connectivity index (χ3n) is 3.43. The smallest absolute Gasteiger partial charge is 0.133 e. The monoisotopic (exact) mass is 259 g/mol. The number of benzene rings is 1. The maximum Gasteiger partial charge on any atom is 0.133 e. The van der Waals surface area contributed by atoms with Crippen molar-refractivity contribution < 1.29 is 0 Å². The lowest BCUT2D eigenvalue weighted by Crippen LogP contribution is -2.41. The average molecular weight is 259 g/mol. The molecule has 1 N–H and O–H groups in total. The summed E-state index contributed by atoms with van der Waals surface area (Å²) in [7, 11) is 3.97. The van der Waals surface area contributed by atoms with Crippen LogP contribution in [0.4, 0.5) is 0 Å². The minimum Gasteiger partial charge on any atom is -0.306 e. The van der Waals surface area contributed by atoms with E-state index in [1.165, 1.54) is 0 Å². The summed E-state index contributed by atoms with van der Waals surface area (Å²) in [5.74, 6) is 0.646. The molecule has 1 rings (SSSR count). The van der Waals surface area contributed by atoms with Crippen LogP contribution in [0.3, 0.4) is 0 Å². The zero-order valence-electron chi connectivity index (χ0n) is 12.5. The quantitative estimate of drug-likeness (QED) is 0.818. The first-order valence-electron chi connectivity index (χ1n) is 6.88. The van der Waals surface area contributed by atoms with E-state index in [0.717, 1.165) is 25.1 Å². The molecule has 3 heteroatoms. The van der Waals surface area contributed by atoms with Crippen LogP contribution in [0.5, 0.6) is 0 Å². The second-order valence-corrected chi connectivity index (χ2v) is 5.54. The first-order valence-corrected chi connectivity index (χ1v) is 6.88. The van der Waals surface area contributed by atoms with Gasteiger partial charge in [-0.25, -0.2) is 0 Å². The van der Waals surface area contributed by atoms with Gasteiger partial charge in [-0.2, -0.15) is 5.26 Å². The maximum atomic E-state index is 9.59. The van der Waals surface area contributed by atoms with E-state index in [1.807, 2.05) is 37.4 Å². The van der Waals surface area contributed by atoms with Crippen molar-refractivity contribution in [2.45, 2.75) is 25.8 Å². The van der Waals surface area contributed by atoms with Gasteiger partial charge in [-0.1, -0.05) is 44.2 Å². The van der Waals surface area contributed by atoms with Crippen molar-refractivity contribution in [3.63, 3.8) is 0 Å². The van der Waals surface area contributed by atoms with Crippen LogP contribution < -0.4 is 5.32 Å². The van der Waals surface area contributed by atoms with Crippen LogP contribution in [0.1, 0.15) is 25.8 Å². The van der Waals surface area contributed by atoms with Crippen LogP contribution in [0.25, 0.3) is 0 Å². The fourth-order valence-electron chi connectivity index (χ4n) is 2.39. The van der Waals surface area contributed by atoms with Crippen molar-refractivity contribution in [1.29, 1.82) is 5.26 Å². The van der Waals surface area contributed by atoms with Crippen LogP contribution in [0.15, 0.2) is 30.3 Å². The second kappa shape index (κ2) is 7.28. The van der Waals surface area contributed by atoms with E-state index in [4.69, 9.17) is 0 Å². The highest BCUT2D eigenvalue weighted by Gasteiger charge is 2.30. The van der Waals surface area contributed by atoms with Crippen LogP contribution >= 0.6 is 0 Å². The van der Waals surface area contributed by atoms with Gasteiger partial charge in [0, 0.05) is 13.1 Å². The molecule has 0 aliphatic carbocycles. The van der Waals surface area contributed by atoms with Crippen LogP contribution in [-0.4, -0.2) is 32.1 Å². The summed E-state index contributed by atoms with van der Waals surface area (Å²) < 4.78 is 0. The third kappa shape index (κ3) is 4.34. The van der Waals surface area contributed by atoms with E-state index in [9.17, 15) is 5.26 Å². The number of nitriles is 1. The molecule has 0 heterocycles. The summed E-state index contributed by atoms with van der Waals surface area (Å²) in [5.41, 5.74) is 0.449. The van der Waals surface area contributed by atoms with Crippen LogP contribution in [0.2, 0.25) is 0 Å². The van der Waals surface area contributed by atoms with Crippen molar-refractivity contribution >= 4 is 0 Å². The minimum absolute atomic E-state index is 0.591. The molecule has 1 atom stereocenters. The fourth-order valence-corrected chi connectivity index (χ4v) is 2.39. The van der Waals surface area contributed by atoms with E-state index in [0.29, 0.717) is 5.92 Å². The fraction of sp³-hybridized carbons (Fsp3) is 0.562. The second-order valence-electron chi connectivity index (χ2n) is 5.54. The lowest BCUT2D eigenvalue weighted by Gasteiger charge is -2.29. The predicted octanol–water partition coefficient (Wildman–Crippen LogP) is 2.60. The lowest BCUT2D eigenvalue weighted by molar-refractivity contribution is 0.262. The molecule has 0 saturated carbocycles. The topological polar surface area (TPSA) is 39.1 Å². The van der Waals surface area contributed by atoms with Gasteiger partial charge >= 0.3 is 0 Å². The number of nitrogens with one attached hydrogen (secondary N) is 1. The van der Waals surface area contributed by atoms with E-state index in [-0.39, 0.29) is 0 Å². The largest absolute Gasteiger partial charge is 0.306 e. The van der Waals surface area contributed by atoms with Crippen molar-refractivity contribution in [1.82, 2.24) is 10.2 Å². The Morgan fingerprint density at radius 1 is 1.32 bits per heavy atom. The van der Waals surface area contributed by atoms with E-state index in [1.54, 1.807) is 0 Å². The van der Waals surface area contributed by atoms with Gasteiger partial charge in [0.1, 0.15) is 5.54 Å². The Hall–Kier alpha value is -1.37. The predicted molar refractivity (Wildman–Crippen MR) is 79.7 cm³/mol. The number of hydrogen-bond acceptors (Lipinski definition) is 3. The van der Waals surface area contributed by atoms with Gasteiger partial charge in [-0.15, -0.1) is 0 Å². The normalized spacial score (nSPS) is 14.4. The van der Waals surface area contributed by atoms with Crippen molar-refractivity contribution in [3.05, 3.63) is 35.9 Å². The first-order chi connectivity index (χ1) is 9.04. The minimum atomic E-state index is -0.591. The van der Waals surface area contributed by atoms with Gasteiger partial charge in [0.15, 0.2) is 0 Å². The number of rotatable bonds is 7. The summed E-state index contributed by atoms with van der Waals surface area (Å²) in [6.45, 7) is 6.38. The molecule has 0 bridgehead atoms. The van der Waals surface area contributed by atoms with Gasteiger partial charge in [0.05, 0.1) is 6.07 Å². The van der Waals surface area contributed by atoms with Crippen molar-refractivity contribution in [2.75, 3.05) is 27.2 Å². The Morgan fingerprint density at radius 2 is 1.95 bits per heavy atom. The molecule has 19 heavy (non-hydrogen) atoms. The van der Waals surface area contributed by atoms with Gasteiger partial charge in [-0.05, 0) is 32.0 Å².